The Morgan fingerprint density at radius 2 is 1.76 bits per heavy atom. The van der Waals surface area contributed by atoms with Gasteiger partial charge in [-0.3, -0.25) is 0 Å². The molecular formula is C23H26N6O4S. The SMILES string of the molecule is CNC(=O)Nc1ccc(-c2nc(-c3ccccc3S(C)(=O)=O)nc(N3CCOCC3C)n2)cc1. The van der Waals surface area contributed by atoms with Gasteiger partial charge in [-0.2, -0.15) is 9.97 Å². The molecule has 1 aliphatic rings. The third-order valence-corrected chi connectivity index (χ3v) is 6.56. The number of rotatable bonds is 5. The molecule has 2 heterocycles. The zero-order valence-corrected chi connectivity index (χ0v) is 20.0. The van der Waals surface area contributed by atoms with E-state index in [2.05, 4.69) is 20.6 Å². The van der Waals surface area contributed by atoms with E-state index in [1.165, 1.54) is 0 Å². The van der Waals surface area contributed by atoms with Gasteiger partial charge in [0, 0.05) is 36.7 Å². The van der Waals surface area contributed by atoms with Crippen molar-refractivity contribution >= 4 is 27.5 Å². The Morgan fingerprint density at radius 3 is 2.44 bits per heavy atom. The molecule has 2 aromatic carbocycles. The summed E-state index contributed by atoms with van der Waals surface area (Å²) in [7, 11) is -1.97. The molecule has 1 saturated heterocycles. The summed E-state index contributed by atoms with van der Waals surface area (Å²) >= 11 is 0. The lowest BCUT2D eigenvalue weighted by molar-refractivity contribution is 0.0981. The second-order valence-electron chi connectivity index (χ2n) is 7.95. The summed E-state index contributed by atoms with van der Waals surface area (Å²) in [6.45, 7) is 3.70. The third-order valence-electron chi connectivity index (χ3n) is 5.40. The fourth-order valence-electron chi connectivity index (χ4n) is 3.64. The summed E-state index contributed by atoms with van der Waals surface area (Å²) in [5, 5.41) is 5.21. The molecule has 0 spiro atoms. The fraction of sp³-hybridized carbons (Fsp3) is 0.304. The van der Waals surface area contributed by atoms with Crippen LogP contribution in [0, 0.1) is 0 Å². The molecular weight excluding hydrogens is 456 g/mol. The molecule has 0 aliphatic carbocycles. The average Bonchev–Trinajstić information content (AvgIpc) is 2.84. The smallest absolute Gasteiger partial charge is 0.318 e. The number of nitrogens with zero attached hydrogens (tertiary/aromatic N) is 4. The lowest BCUT2D eigenvalue weighted by atomic mass is 10.1. The van der Waals surface area contributed by atoms with Gasteiger partial charge in [0.2, 0.25) is 5.95 Å². The van der Waals surface area contributed by atoms with Crippen molar-refractivity contribution in [3.63, 3.8) is 0 Å². The number of amides is 2. The summed E-state index contributed by atoms with van der Waals surface area (Å²) in [5.74, 6) is 1.12. The number of carbonyl (C=O) groups is 1. The second kappa shape index (κ2) is 9.74. The van der Waals surface area contributed by atoms with Crippen molar-refractivity contribution in [3.05, 3.63) is 48.5 Å². The molecule has 4 rings (SSSR count). The van der Waals surface area contributed by atoms with Crippen LogP contribution in [0.4, 0.5) is 16.4 Å². The second-order valence-corrected chi connectivity index (χ2v) is 9.93. The molecule has 2 N–H and O–H groups in total. The first-order chi connectivity index (χ1) is 16.3. The van der Waals surface area contributed by atoms with Gasteiger partial charge in [-0.1, -0.05) is 12.1 Å². The molecule has 0 saturated carbocycles. The summed E-state index contributed by atoms with van der Waals surface area (Å²) in [4.78, 5) is 27.8. The standard InChI is InChI=1S/C23H26N6O4S/c1-15-14-33-13-12-29(15)22-27-20(16-8-10-17(11-9-16)25-23(30)24-2)26-21(28-22)18-6-4-5-7-19(18)34(3,31)32/h4-11,15H,12-14H2,1-3H3,(H2,24,25,30). The highest BCUT2D eigenvalue weighted by Crippen LogP contribution is 2.29. The Balaban J connectivity index is 1.83. The molecule has 178 valence electrons. The zero-order chi connectivity index (χ0) is 24.3. The number of ether oxygens (including phenoxy) is 1. The number of benzene rings is 2. The van der Waals surface area contributed by atoms with Crippen LogP contribution in [-0.2, 0) is 14.6 Å². The Labute approximate surface area is 198 Å². The summed E-state index contributed by atoms with van der Waals surface area (Å²) < 4.78 is 30.4. The van der Waals surface area contributed by atoms with Crippen molar-refractivity contribution in [2.45, 2.75) is 17.9 Å². The van der Waals surface area contributed by atoms with Crippen molar-refractivity contribution in [1.29, 1.82) is 0 Å². The van der Waals surface area contributed by atoms with Gasteiger partial charge in [0.25, 0.3) is 0 Å². The number of sulfone groups is 1. The molecule has 0 radical (unpaired) electrons. The topological polar surface area (TPSA) is 126 Å². The van der Waals surface area contributed by atoms with Gasteiger partial charge < -0.3 is 20.3 Å². The van der Waals surface area contributed by atoms with Gasteiger partial charge in [-0.15, -0.1) is 0 Å². The van der Waals surface area contributed by atoms with Crippen LogP contribution in [0.15, 0.2) is 53.4 Å². The first-order valence-electron chi connectivity index (χ1n) is 10.8. The van der Waals surface area contributed by atoms with Crippen molar-refractivity contribution < 1.29 is 17.9 Å². The van der Waals surface area contributed by atoms with E-state index in [4.69, 9.17) is 9.72 Å². The highest BCUT2D eigenvalue weighted by Gasteiger charge is 2.25. The highest BCUT2D eigenvalue weighted by molar-refractivity contribution is 7.90. The molecule has 1 aromatic heterocycles. The minimum atomic E-state index is -3.51. The maximum atomic E-state index is 12.4. The summed E-state index contributed by atoms with van der Waals surface area (Å²) in [6.07, 6.45) is 1.16. The lowest BCUT2D eigenvalue weighted by Crippen LogP contribution is -2.44. The molecule has 11 heteroatoms. The average molecular weight is 483 g/mol. The summed E-state index contributed by atoms with van der Waals surface area (Å²) in [6, 6.07) is 13.5. The van der Waals surface area contributed by atoms with Crippen molar-refractivity contribution in [1.82, 2.24) is 20.3 Å². The van der Waals surface area contributed by atoms with Crippen LogP contribution in [0.5, 0.6) is 0 Å². The van der Waals surface area contributed by atoms with E-state index in [0.717, 1.165) is 6.26 Å². The summed E-state index contributed by atoms with van der Waals surface area (Å²) in [5.41, 5.74) is 1.72. The Kier molecular flexibility index (Phi) is 6.75. The third kappa shape index (κ3) is 5.15. The normalized spacial score (nSPS) is 16.2. The molecule has 0 bridgehead atoms. The number of morpholine rings is 1. The minimum Gasteiger partial charge on any atom is -0.377 e. The number of anilines is 2. The van der Waals surface area contributed by atoms with Gasteiger partial charge in [0.1, 0.15) is 0 Å². The Hall–Kier alpha value is -3.57. The van der Waals surface area contributed by atoms with E-state index in [1.807, 2.05) is 11.8 Å². The van der Waals surface area contributed by atoms with E-state index < -0.39 is 9.84 Å². The van der Waals surface area contributed by atoms with Gasteiger partial charge in [0.05, 0.1) is 24.2 Å². The molecule has 1 fully saturated rings. The maximum absolute atomic E-state index is 12.4. The maximum Gasteiger partial charge on any atom is 0.318 e. The largest absolute Gasteiger partial charge is 0.377 e. The van der Waals surface area contributed by atoms with Crippen molar-refractivity contribution in [2.75, 3.05) is 43.3 Å². The molecule has 1 unspecified atom stereocenters. The van der Waals surface area contributed by atoms with Crippen LogP contribution >= 0.6 is 0 Å². The number of urea groups is 1. The van der Waals surface area contributed by atoms with Crippen LogP contribution in [0.1, 0.15) is 6.92 Å². The van der Waals surface area contributed by atoms with E-state index in [0.29, 0.717) is 48.3 Å². The quantitative estimate of drug-likeness (QED) is 0.568. The van der Waals surface area contributed by atoms with Gasteiger partial charge in [-0.05, 0) is 43.3 Å². The van der Waals surface area contributed by atoms with Crippen LogP contribution < -0.4 is 15.5 Å². The number of hydrogen-bond acceptors (Lipinski definition) is 8. The predicted octanol–water partition coefficient (Wildman–Crippen LogP) is 2.59. The van der Waals surface area contributed by atoms with E-state index in [1.54, 1.807) is 55.6 Å². The molecule has 2 amide bonds. The lowest BCUT2D eigenvalue weighted by Gasteiger charge is -2.33. The van der Waals surface area contributed by atoms with Crippen molar-refractivity contribution in [2.24, 2.45) is 0 Å². The number of hydrogen-bond donors (Lipinski definition) is 2. The van der Waals surface area contributed by atoms with Crippen LogP contribution in [0.25, 0.3) is 22.8 Å². The number of carbonyl (C=O) groups excluding carboxylic acids is 1. The monoisotopic (exact) mass is 482 g/mol. The van der Waals surface area contributed by atoms with Crippen LogP contribution in [-0.4, -0.2) is 68.5 Å². The van der Waals surface area contributed by atoms with Gasteiger partial charge >= 0.3 is 6.03 Å². The molecule has 1 aliphatic heterocycles. The zero-order valence-electron chi connectivity index (χ0n) is 19.1. The Bertz CT molecular complexity index is 1300. The first-order valence-corrected chi connectivity index (χ1v) is 12.6. The molecule has 34 heavy (non-hydrogen) atoms. The number of nitrogens with one attached hydrogen (secondary N) is 2. The highest BCUT2D eigenvalue weighted by atomic mass is 32.2. The van der Waals surface area contributed by atoms with Gasteiger partial charge in [-0.25, -0.2) is 18.2 Å². The van der Waals surface area contributed by atoms with Crippen molar-refractivity contribution in [3.8, 4) is 22.8 Å². The van der Waals surface area contributed by atoms with E-state index in [-0.39, 0.29) is 22.8 Å². The van der Waals surface area contributed by atoms with E-state index >= 15 is 0 Å². The molecule has 10 nitrogen and oxygen atoms in total. The first kappa shape index (κ1) is 23.6. The fourth-order valence-corrected chi connectivity index (χ4v) is 4.52. The van der Waals surface area contributed by atoms with Crippen LogP contribution in [0.3, 0.4) is 0 Å². The van der Waals surface area contributed by atoms with E-state index in [9.17, 15) is 13.2 Å². The predicted molar refractivity (Wildman–Crippen MR) is 130 cm³/mol. The molecule has 3 aromatic rings. The minimum absolute atomic E-state index is 0.0427. The number of aromatic nitrogens is 3. The molecule has 1 atom stereocenters. The Morgan fingerprint density at radius 1 is 1.06 bits per heavy atom. The van der Waals surface area contributed by atoms with Crippen LogP contribution in [0.2, 0.25) is 0 Å². The van der Waals surface area contributed by atoms with Gasteiger partial charge in [0.15, 0.2) is 21.5 Å².